The van der Waals surface area contributed by atoms with Crippen LogP contribution in [0.4, 0.5) is 0 Å². The van der Waals surface area contributed by atoms with E-state index in [2.05, 4.69) is 4.98 Å². The summed E-state index contributed by atoms with van der Waals surface area (Å²) in [5.41, 5.74) is 1.74. The lowest BCUT2D eigenvalue weighted by atomic mass is 10.1. The van der Waals surface area contributed by atoms with Crippen LogP contribution in [0.5, 0.6) is 0 Å². The van der Waals surface area contributed by atoms with Crippen LogP contribution in [0.3, 0.4) is 0 Å². The van der Waals surface area contributed by atoms with Crippen molar-refractivity contribution < 1.29 is 13.0 Å². The van der Waals surface area contributed by atoms with Gasteiger partial charge in [-0.25, -0.2) is 0 Å². The van der Waals surface area contributed by atoms with Crippen molar-refractivity contribution in [1.29, 1.82) is 0 Å². The summed E-state index contributed by atoms with van der Waals surface area (Å²) in [6.45, 7) is 0. The highest BCUT2D eigenvalue weighted by atomic mass is 32.2. The van der Waals surface area contributed by atoms with E-state index in [0.29, 0.717) is 12.8 Å². The Hall–Kier alpha value is -1.50. The van der Waals surface area contributed by atoms with E-state index in [1.165, 1.54) is 0 Å². The predicted octanol–water partition coefficient (Wildman–Crippen LogP) is 2.22. The molecule has 0 saturated carbocycles. The van der Waals surface area contributed by atoms with Crippen LogP contribution in [0, 0.1) is 0 Å². The predicted molar refractivity (Wildman–Crippen MR) is 71.5 cm³/mol. The quantitative estimate of drug-likeness (QED) is 0.828. The van der Waals surface area contributed by atoms with Crippen LogP contribution in [-0.4, -0.2) is 23.7 Å². The first kappa shape index (κ1) is 14.6. The lowest BCUT2D eigenvalue weighted by Gasteiger charge is -2.02. The standard InChI is InChI=1S/C12H13NO3S.H3N/c14-17(15,16)9-3-5-11-8-7-10-4-1-2-6-12(10)13-11;/h1-2,4,6-8H,3,5,9H2,(H,14,15,16);1H3. The van der Waals surface area contributed by atoms with Crippen molar-refractivity contribution >= 4 is 21.0 Å². The first-order valence-electron chi connectivity index (χ1n) is 5.34. The van der Waals surface area contributed by atoms with Crippen LogP contribution in [0.25, 0.3) is 10.9 Å². The molecular formula is C12H16N2O3S. The molecule has 0 fully saturated rings. The molecule has 1 aromatic carbocycles. The van der Waals surface area contributed by atoms with E-state index < -0.39 is 10.1 Å². The molecule has 0 bridgehead atoms. The highest BCUT2D eigenvalue weighted by molar-refractivity contribution is 7.85. The number of pyridine rings is 1. The Morgan fingerprint density at radius 2 is 1.83 bits per heavy atom. The summed E-state index contributed by atoms with van der Waals surface area (Å²) in [5, 5.41) is 1.06. The van der Waals surface area contributed by atoms with Gasteiger partial charge in [-0.1, -0.05) is 24.3 Å². The minimum Gasteiger partial charge on any atom is -0.344 e. The van der Waals surface area contributed by atoms with E-state index in [1.807, 2.05) is 36.4 Å². The fourth-order valence-electron chi connectivity index (χ4n) is 1.68. The van der Waals surface area contributed by atoms with Crippen molar-refractivity contribution in [2.75, 3.05) is 5.75 Å². The molecule has 98 valence electrons. The molecule has 4 N–H and O–H groups in total. The minimum atomic E-state index is -3.86. The van der Waals surface area contributed by atoms with Crippen LogP contribution >= 0.6 is 0 Å². The molecule has 5 nitrogen and oxygen atoms in total. The fourth-order valence-corrected chi connectivity index (χ4v) is 2.19. The minimum absolute atomic E-state index is 0. The van der Waals surface area contributed by atoms with Gasteiger partial charge >= 0.3 is 0 Å². The highest BCUT2D eigenvalue weighted by Gasteiger charge is 2.05. The summed E-state index contributed by atoms with van der Waals surface area (Å²) in [5.74, 6) is -0.221. The average Bonchev–Trinajstić information content (AvgIpc) is 2.27. The van der Waals surface area contributed by atoms with E-state index >= 15 is 0 Å². The zero-order valence-electron chi connectivity index (χ0n) is 9.91. The third kappa shape index (κ3) is 4.06. The number of aromatic nitrogens is 1. The molecule has 0 unspecified atom stereocenters. The molecule has 0 atom stereocenters. The summed E-state index contributed by atoms with van der Waals surface area (Å²) in [6.07, 6.45) is 0.925. The zero-order chi connectivity index (χ0) is 12.3. The molecule has 0 spiro atoms. The largest absolute Gasteiger partial charge is 0.344 e. The maximum absolute atomic E-state index is 10.6. The molecule has 2 rings (SSSR count). The molecule has 0 aliphatic rings. The Kier molecular flexibility index (Phi) is 4.77. The van der Waals surface area contributed by atoms with Crippen molar-refractivity contribution in [3.05, 3.63) is 42.1 Å². The number of aryl methyl sites for hydroxylation is 1. The number of hydrogen-bond acceptors (Lipinski definition) is 4. The van der Waals surface area contributed by atoms with Gasteiger partial charge in [0.25, 0.3) is 10.1 Å². The van der Waals surface area contributed by atoms with Gasteiger partial charge < -0.3 is 6.15 Å². The van der Waals surface area contributed by atoms with Crippen molar-refractivity contribution in [1.82, 2.24) is 11.1 Å². The van der Waals surface area contributed by atoms with Gasteiger partial charge in [-0.15, -0.1) is 0 Å². The Morgan fingerprint density at radius 1 is 1.11 bits per heavy atom. The number of nitrogens with zero attached hydrogens (tertiary/aromatic N) is 1. The molecule has 2 aromatic rings. The van der Waals surface area contributed by atoms with Crippen LogP contribution in [-0.2, 0) is 16.5 Å². The molecule has 0 amide bonds. The molecule has 18 heavy (non-hydrogen) atoms. The van der Waals surface area contributed by atoms with E-state index in [9.17, 15) is 8.42 Å². The molecule has 6 heteroatoms. The smallest absolute Gasteiger partial charge is 0.264 e. The van der Waals surface area contributed by atoms with Crippen molar-refractivity contribution in [2.24, 2.45) is 0 Å². The van der Waals surface area contributed by atoms with Gasteiger partial charge in [-0.3, -0.25) is 9.54 Å². The molecule has 1 aromatic heterocycles. The first-order valence-corrected chi connectivity index (χ1v) is 6.95. The number of rotatable bonds is 4. The SMILES string of the molecule is N.O=S(=O)(O)CCCc1ccc2ccccc2n1. The summed E-state index contributed by atoms with van der Waals surface area (Å²) in [7, 11) is -3.86. The summed E-state index contributed by atoms with van der Waals surface area (Å²) in [6, 6.07) is 11.6. The van der Waals surface area contributed by atoms with Gasteiger partial charge in [0.05, 0.1) is 11.3 Å². The highest BCUT2D eigenvalue weighted by Crippen LogP contribution is 2.12. The van der Waals surface area contributed by atoms with Gasteiger partial charge in [-0.2, -0.15) is 8.42 Å². The fraction of sp³-hybridized carbons (Fsp3) is 0.250. The maximum atomic E-state index is 10.6. The van der Waals surface area contributed by atoms with Gasteiger partial charge in [0.2, 0.25) is 0 Å². The molecular weight excluding hydrogens is 252 g/mol. The summed E-state index contributed by atoms with van der Waals surface area (Å²) in [4.78, 5) is 4.42. The molecule has 1 heterocycles. The van der Waals surface area contributed by atoms with E-state index in [1.54, 1.807) is 0 Å². The number of para-hydroxylation sites is 1. The lowest BCUT2D eigenvalue weighted by molar-refractivity contribution is 0.481. The van der Waals surface area contributed by atoms with Crippen LogP contribution < -0.4 is 6.15 Å². The maximum Gasteiger partial charge on any atom is 0.264 e. The Labute approximate surface area is 106 Å². The Bertz CT molecular complexity index is 626. The molecule has 0 saturated heterocycles. The topological polar surface area (TPSA) is 102 Å². The number of benzene rings is 1. The average molecular weight is 268 g/mol. The van der Waals surface area contributed by atoms with Gasteiger partial charge in [0.1, 0.15) is 0 Å². The third-order valence-electron chi connectivity index (χ3n) is 2.49. The van der Waals surface area contributed by atoms with Gasteiger partial charge in [-0.05, 0) is 25.0 Å². The van der Waals surface area contributed by atoms with Gasteiger partial charge in [0, 0.05) is 11.1 Å². The molecule has 0 aliphatic heterocycles. The number of hydrogen-bond donors (Lipinski definition) is 2. The lowest BCUT2D eigenvalue weighted by Crippen LogP contribution is -2.05. The van der Waals surface area contributed by atoms with Crippen LogP contribution in [0.1, 0.15) is 12.1 Å². The van der Waals surface area contributed by atoms with Crippen molar-refractivity contribution in [3.63, 3.8) is 0 Å². The van der Waals surface area contributed by atoms with Crippen molar-refractivity contribution in [2.45, 2.75) is 12.8 Å². The van der Waals surface area contributed by atoms with E-state index in [0.717, 1.165) is 16.6 Å². The second kappa shape index (κ2) is 5.90. The zero-order valence-corrected chi connectivity index (χ0v) is 10.7. The normalized spacial score (nSPS) is 11.2. The first-order chi connectivity index (χ1) is 8.04. The third-order valence-corrected chi connectivity index (χ3v) is 3.30. The van der Waals surface area contributed by atoms with E-state index in [4.69, 9.17) is 4.55 Å². The van der Waals surface area contributed by atoms with Gasteiger partial charge in [0.15, 0.2) is 0 Å². The van der Waals surface area contributed by atoms with Crippen LogP contribution in [0.15, 0.2) is 36.4 Å². The summed E-state index contributed by atoms with van der Waals surface area (Å²) < 4.78 is 29.8. The summed E-state index contributed by atoms with van der Waals surface area (Å²) >= 11 is 0. The Morgan fingerprint density at radius 3 is 2.56 bits per heavy atom. The van der Waals surface area contributed by atoms with E-state index in [-0.39, 0.29) is 11.9 Å². The molecule has 0 radical (unpaired) electrons. The number of fused-ring (bicyclic) bond motifs is 1. The molecule has 0 aliphatic carbocycles. The van der Waals surface area contributed by atoms with Crippen molar-refractivity contribution in [3.8, 4) is 0 Å². The second-order valence-electron chi connectivity index (χ2n) is 3.88. The second-order valence-corrected chi connectivity index (χ2v) is 5.46. The monoisotopic (exact) mass is 268 g/mol. The Balaban J connectivity index is 0.00000162. The van der Waals surface area contributed by atoms with Crippen LogP contribution in [0.2, 0.25) is 0 Å².